The van der Waals surface area contributed by atoms with E-state index in [1.807, 2.05) is 0 Å². The zero-order valence-corrected chi connectivity index (χ0v) is 13.7. The molecule has 0 radical (unpaired) electrons. The Labute approximate surface area is 131 Å². The Morgan fingerprint density at radius 1 is 1.18 bits per heavy atom. The van der Waals surface area contributed by atoms with Crippen molar-refractivity contribution in [3.05, 3.63) is 12.7 Å². The zero-order valence-electron chi connectivity index (χ0n) is 13.7. The molecule has 2 aliphatic heterocycles. The van der Waals surface area contributed by atoms with Gasteiger partial charge in [-0.3, -0.25) is 14.4 Å². The summed E-state index contributed by atoms with van der Waals surface area (Å²) in [5.74, 6) is -0.172. The van der Waals surface area contributed by atoms with Gasteiger partial charge in [0.05, 0.1) is 0 Å². The molecule has 0 bridgehead atoms. The Morgan fingerprint density at radius 3 is 2.32 bits per heavy atom. The summed E-state index contributed by atoms with van der Waals surface area (Å²) in [5, 5.41) is 0. The molecular formula is C16H25N3O3. The van der Waals surface area contributed by atoms with E-state index < -0.39 is 5.54 Å². The van der Waals surface area contributed by atoms with Crippen LogP contribution in [0.4, 0.5) is 0 Å². The lowest BCUT2D eigenvalue weighted by Gasteiger charge is -2.46. The van der Waals surface area contributed by atoms with Gasteiger partial charge in [0.2, 0.25) is 17.7 Å². The average molecular weight is 307 g/mol. The second-order valence-corrected chi connectivity index (χ2v) is 6.58. The number of hydrogen-bond donors (Lipinski definition) is 0. The predicted molar refractivity (Wildman–Crippen MR) is 82.9 cm³/mol. The van der Waals surface area contributed by atoms with Gasteiger partial charge in [0, 0.05) is 39.1 Å². The fraction of sp³-hybridized carbons (Fsp3) is 0.688. The number of carbonyl (C=O) groups excluding carboxylic acids is 3. The fourth-order valence-corrected chi connectivity index (χ4v) is 3.30. The van der Waals surface area contributed by atoms with Crippen LogP contribution in [0.3, 0.4) is 0 Å². The number of piperazine rings is 1. The molecule has 2 aliphatic rings. The summed E-state index contributed by atoms with van der Waals surface area (Å²) in [5.41, 5.74) is -0.793. The number of likely N-dealkylation sites (N-methyl/N-ethyl adjacent to an activating group) is 1. The monoisotopic (exact) mass is 307 g/mol. The van der Waals surface area contributed by atoms with Crippen molar-refractivity contribution in [1.82, 2.24) is 14.7 Å². The molecule has 0 N–H and O–H groups in total. The van der Waals surface area contributed by atoms with Gasteiger partial charge in [0.25, 0.3) is 0 Å². The van der Waals surface area contributed by atoms with Gasteiger partial charge in [-0.1, -0.05) is 6.58 Å². The Kier molecular flexibility index (Phi) is 4.58. The summed E-state index contributed by atoms with van der Waals surface area (Å²) in [6.45, 7) is 9.39. The van der Waals surface area contributed by atoms with Crippen LogP contribution >= 0.6 is 0 Å². The maximum absolute atomic E-state index is 12.8. The number of likely N-dealkylation sites (tertiary alicyclic amines) is 1. The molecule has 0 atom stereocenters. The van der Waals surface area contributed by atoms with Crippen LogP contribution in [0, 0.1) is 5.92 Å². The molecule has 0 saturated carbocycles. The van der Waals surface area contributed by atoms with Crippen LogP contribution < -0.4 is 0 Å². The number of amides is 3. The molecule has 2 heterocycles. The summed E-state index contributed by atoms with van der Waals surface area (Å²) in [4.78, 5) is 41.8. The van der Waals surface area contributed by atoms with Crippen LogP contribution in [-0.2, 0) is 14.4 Å². The van der Waals surface area contributed by atoms with Crippen LogP contribution in [0.15, 0.2) is 12.7 Å². The second kappa shape index (κ2) is 6.10. The normalized spacial score (nSPS) is 22.7. The van der Waals surface area contributed by atoms with E-state index in [9.17, 15) is 14.4 Å². The third-order valence-electron chi connectivity index (χ3n) is 4.80. The first-order valence-electron chi connectivity index (χ1n) is 7.77. The van der Waals surface area contributed by atoms with Gasteiger partial charge in [-0.05, 0) is 32.8 Å². The third-order valence-corrected chi connectivity index (χ3v) is 4.80. The lowest BCUT2D eigenvalue weighted by molar-refractivity contribution is -0.160. The Bertz CT molecular complexity index is 493. The molecule has 2 saturated heterocycles. The van der Waals surface area contributed by atoms with Crippen molar-refractivity contribution in [2.24, 2.45) is 5.92 Å². The van der Waals surface area contributed by atoms with Crippen LogP contribution in [0.5, 0.6) is 0 Å². The topological polar surface area (TPSA) is 60.9 Å². The SMILES string of the molecule is C=CC(=O)N1CCC(C(=O)N2CCN(C)C(=O)C2(C)C)CC1. The van der Waals surface area contributed by atoms with Crippen molar-refractivity contribution in [3.8, 4) is 0 Å². The van der Waals surface area contributed by atoms with E-state index in [0.29, 0.717) is 39.0 Å². The van der Waals surface area contributed by atoms with E-state index in [0.717, 1.165) is 0 Å². The van der Waals surface area contributed by atoms with Gasteiger partial charge >= 0.3 is 0 Å². The standard InChI is InChI=1S/C16H25N3O3/c1-5-13(20)18-8-6-12(7-9-18)14(21)19-11-10-17(4)15(22)16(19,2)3/h5,12H,1,6-11H2,2-4H3. The van der Waals surface area contributed by atoms with Gasteiger partial charge in [0.1, 0.15) is 5.54 Å². The van der Waals surface area contributed by atoms with Crippen molar-refractivity contribution in [3.63, 3.8) is 0 Å². The molecule has 0 spiro atoms. The molecule has 6 heteroatoms. The molecule has 122 valence electrons. The highest BCUT2D eigenvalue weighted by Crippen LogP contribution is 2.27. The largest absolute Gasteiger partial charge is 0.342 e. The van der Waals surface area contributed by atoms with Crippen LogP contribution in [-0.4, -0.2) is 71.2 Å². The van der Waals surface area contributed by atoms with Gasteiger partial charge < -0.3 is 14.7 Å². The molecule has 0 aliphatic carbocycles. The minimum absolute atomic E-state index is 0.0219. The summed E-state index contributed by atoms with van der Waals surface area (Å²) in [6.07, 6.45) is 2.61. The minimum atomic E-state index is -0.793. The lowest BCUT2D eigenvalue weighted by atomic mass is 9.90. The van der Waals surface area contributed by atoms with Crippen molar-refractivity contribution in [2.75, 3.05) is 33.2 Å². The van der Waals surface area contributed by atoms with Gasteiger partial charge in [-0.2, -0.15) is 0 Å². The van der Waals surface area contributed by atoms with Crippen LogP contribution in [0.1, 0.15) is 26.7 Å². The summed E-state index contributed by atoms with van der Waals surface area (Å²) in [7, 11) is 1.77. The van der Waals surface area contributed by atoms with Crippen molar-refractivity contribution < 1.29 is 14.4 Å². The lowest BCUT2D eigenvalue weighted by Crippen LogP contribution is -2.64. The smallest absolute Gasteiger partial charge is 0.247 e. The maximum atomic E-state index is 12.8. The van der Waals surface area contributed by atoms with E-state index in [1.54, 1.807) is 35.6 Å². The van der Waals surface area contributed by atoms with Crippen LogP contribution in [0.2, 0.25) is 0 Å². The van der Waals surface area contributed by atoms with Gasteiger partial charge in [-0.15, -0.1) is 0 Å². The highest BCUT2D eigenvalue weighted by atomic mass is 16.2. The summed E-state index contributed by atoms with van der Waals surface area (Å²) in [6, 6.07) is 0. The molecule has 0 aromatic rings. The zero-order chi connectivity index (χ0) is 16.5. The number of nitrogens with zero attached hydrogens (tertiary/aromatic N) is 3. The number of piperidine rings is 1. The molecule has 2 fully saturated rings. The second-order valence-electron chi connectivity index (χ2n) is 6.58. The molecule has 0 aromatic heterocycles. The molecule has 6 nitrogen and oxygen atoms in total. The van der Waals surface area contributed by atoms with Gasteiger partial charge in [0.15, 0.2) is 0 Å². The molecule has 3 amide bonds. The first-order valence-corrected chi connectivity index (χ1v) is 7.77. The first-order chi connectivity index (χ1) is 10.3. The average Bonchev–Trinajstić information content (AvgIpc) is 2.51. The van der Waals surface area contributed by atoms with Crippen LogP contribution in [0.25, 0.3) is 0 Å². The van der Waals surface area contributed by atoms with Crippen molar-refractivity contribution in [1.29, 1.82) is 0 Å². The molecule has 0 unspecified atom stereocenters. The first kappa shape index (κ1) is 16.5. The molecule has 0 aromatic carbocycles. The molecular weight excluding hydrogens is 282 g/mol. The molecule has 22 heavy (non-hydrogen) atoms. The maximum Gasteiger partial charge on any atom is 0.247 e. The Hall–Kier alpha value is -1.85. The van der Waals surface area contributed by atoms with E-state index in [2.05, 4.69) is 6.58 Å². The summed E-state index contributed by atoms with van der Waals surface area (Å²) >= 11 is 0. The Balaban J connectivity index is 2.02. The minimum Gasteiger partial charge on any atom is -0.342 e. The number of hydrogen-bond acceptors (Lipinski definition) is 3. The van der Waals surface area contributed by atoms with Crippen molar-refractivity contribution in [2.45, 2.75) is 32.2 Å². The van der Waals surface area contributed by atoms with E-state index in [4.69, 9.17) is 0 Å². The quantitative estimate of drug-likeness (QED) is 0.698. The van der Waals surface area contributed by atoms with Crippen molar-refractivity contribution >= 4 is 17.7 Å². The van der Waals surface area contributed by atoms with E-state index in [-0.39, 0.29) is 23.6 Å². The third kappa shape index (κ3) is 2.87. The predicted octanol–water partition coefficient (Wildman–Crippen LogP) is 0.490. The number of rotatable bonds is 2. The fourth-order valence-electron chi connectivity index (χ4n) is 3.30. The molecule has 2 rings (SSSR count). The summed E-state index contributed by atoms with van der Waals surface area (Å²) < 4.78 is 0. The van der Waals surface area contributed by atoms with E-state index >= 15 is 0 Å². The van der Waals surface area contributed by atoms with Gasteiger partial charge in [-0.25, -0.2) is 0 Å². The highest BCUT2D eigenvalue weighted by Gasteiger charge is 2.44. The highest BCUT2D eigenvalue weighted by molar-refractivity contribution is 5.92. The number of carbonyl (C=O) groups is 3. The van der Waals surface area contributed by atoms with E-state index in [1.165, 1.54) is 6.08 Å². The Morgan fingerprint density at radius 2 is 1.77 bits per heavy atom.